The Bertz CT molecular complexity index is 4540. The molecule has 0 unspecified atom stereocenters. The van der Waals surface area contributed by atoms with Gasteiger partial charge in [-0.1, -0.05) is 80.4 Å². The lowest BCUT2D eigenvalue weighted by molar-refractivity contribution is -0.141. The Morgan fingerprint density at radius 3 is 1.15 bits per heavy atom. The quantitative estimate of drug-likeness (QED) is 0.0164. The zero-order chi connectivity index (χ0) is 107. The highest BCUT2D eigenvalue weighted by molar-refractivity contribution is 6.03. The Labute approximate surface area is 805 Å². The number of carboxylic acid groups (broad SMARTS) is 3. The predicted octanol–water partition coefficient (Wildman–Crippen LogP) is -12.1. The van der Waals surface area contributed by atoms with Crippen LogP contribution in [0.5, 0.6) is 5.75 Å². The Morgan fingerprint density at radius 1 is 0.321 bits per heavy atom. The third-order valence-electron chi connectivity index (χ3n) is 21.1. The van der Waals surface area contributed by atoms with Gasteiger partial charge in [-0.25, -0.2) is 0 Å². The summed E-state index contributed by atoms with van der Waals surface area (Å²) in [6.07, 6.45) is -4.01. The van der Waals surface area contributed by atoms with Crippen LogP contribution in [-0.2, 0) is 126 Å². The summed E-state index contributed by atoms with van der Waals surface area (Å²) < 4.78 is 0. The molecule has 0 aliphatic heterocycles. The van der Waals surface area contributed by atoms with E-state index in [-0.39, 0.29) is 62.9 Å². The number of primary amides is 3. The largest absolute Gasteiger partial charge is 0.508 e. The molecule has 1 aromatic carbocycles. The molecule has 0 aromatic heterocycles. The van der Waals surface area contributed by atoms with Crippen molar-refractivity contribution in [3.05, 3.63) is 29.8 Å². The molecule has 56 heteroatoms. The van der Waals surface area contributed by atoms with Crippen LogP contribution in [0.25, 0.3) is 0 Å². The number of nitrogens with one attached hydrogen (secondary N) is 21. The molecular formula is C84H137N27O29. The van der Waals surface area contributed by atoms with Crippen LogP contribution in [-0.4, -0.2) is 311 Å². The molecule has 17 atom stereocenters. The van der Waals surface area contributed by atoms with Crippen molar-refractivity contribution in [1.29, 1.82) is 5.41 Å². The van der Waals surface area contributed by atoms with Crippen LogP contribution in [0.1, 0.15) is 172 Å². The van der Waals surface area contributed by atoms with Crippen LogP contribution in [0.4, 0.5) is 0 Å². The fraction of sp³-hybridized carbons (Fsp3) is 0.619. The second kappa shape index (κ2) is 63.4. The molecule has 0 aliphatic carbocycles. The summed E-state index contributed by atoms with van der Waals surface area (Å²) in [5, 5.41) is 92.1. The molecular weight excluding hydrogens is 1850 g/mol. The lowest BCUT2D eigenvalue weighted by Crippen LogP contribution is -2.60. The number of phenols is 1. The van der Waals surface area contributed by atoms with Gasteiger partial charge in [-0.3, -0.25) is 125 Å². The first kappa shape index (κ1) is 123. The number of carbonyl (C=O) groups excluding carboxylic acids is 22. The zero-order valence-corrected chi connectivity index (χ0v) is 79.8. The number of aliphatic carboxylic acids is 3. The molecule has 0 bridgehead atoms. The van der Waals surface area contributed by atoms with Crippen molar-refractivity contribution in [3.63, 3.8) is 0 Å². The van der Waals surface area contributed by atoms with Gasteiger partial charge in [0.25, 0.3) is 0 Å². The van der Waals surface area contributed by atoms with Gasteiger partial charge in [-0.15, -0.1) is 0 Å². The first-order valence-corrected chi connectivity index (χ1v) is 44.9. The van der Waals surface area contributed by atoms with Gasteiger partial charge in [0, 0.05) is 25.8 Å². The number of hydrogen-bond donors (Lipinski definition) is 31. The van der Waals surface area contributed by atoms with Crippen molar-refractivity contribution >= 4 is 154 Å². The summed E-state index contributed by atoms with van der Waals surface area (Å²) in [7, 11) is 0. The van der Waals surface area contributed by atoms with Crippen molar-refractivity contribution in [2.75, 3.05) is 45.8 Å². The van der Waals surface area contributed by atoms with Gasteiger partial charge < -0.3 is 161 Å². The topological polar surface area (TPSA) is 928 Å². The molecule has 0 fully saturated rings. The third kappa shape index (κ3) is 48.6. The molecule has 0 spiro atoms. The van der Waals surface area contributed by atoms with E-state index in [2.05, 4.69) is 106 Å². The van der Waals surface area contributed by atoms with E-state index in [9.17, 15) is 130 Å². The molecule has 0 heterocycles. The Balaban J connectivity index is 3.27. The molecule has 0 saturated carbocycles. The van der Waals surface area contributed by atoms with Crippen molar-refractivity contribution < 1.29 is 140 Å². The zero-order valence-electron chi connectivity index (χ0n) is 79.8. The Hall–Kier alpha value is -15.0. The number of carbonyl (C=O) groups is 25. The van der Waals surface area contributed by atoms with E-state index in [1.165, 1.54) is 52.0 Å². The van der Waals surface area contributed by atoms with Gasteiger partial charge in [0.1, 0.15) is 96.9 Å². The number of benzene rings is 1. The molecule has 1 rings (SSSR count). The maximum atomic E-state index is 14.2. The van der Waals surface area contributed by atoms with Crippen LogP contribution >= 0.6 is 0 Å². The maximum Gasteiger partial charge on any atom is 0.322 e. The highest BCUT2D eigenvalue weighted by Gasteiger charge is 2.40. The fourth-order valence-electron chi connectivity index (χ4n) is 12.7. The first-order valence-electron chi connectivity index (χ1n) is 44.9. The number of phenolic OH excluding ortho intramolecular Hbond substituents is 1. The summed E-state index contributed by atoms with van der Waals surface area (Å²) in [6, 6.07) is -18.6. The second-order valence-corrected chi connectivity index (χ2v) is 33.7. The van der Waals surface area contributed by atoms with E-state index in [1.807, 2.05) is 0 Å². The highest BCUT2D eigenvalue weighted by atomic mass is 16.4. The van der Waals surface area contributed by atoms with Crippen LogP contribution in [0.15, 0.2) is 24.3 Å². The molecule has 56 nitrogen and oxygen atoms in total. The monoisotopic (exact) mass is 1990 g/mol. The van der Waals surface area contributed by atoms with Crippen molar-refractivity contribution in [1.82, 2.24) is 106 Å². The maximum absolute atomic E-state index is 14.2. The summed E-state index contributed by atoms with van der Waals surface area (Å²) in [6.45, 7) is 11.7. The van der Waals surface area contributed by atoms with Gasteiger partial charge in [0.05, 0.1) is 51.5 Å². The van der Waals surface area contributed by atoms with E-state index in [0.29, 0.717) is 12.8 Å². The molecule has 140 heavy (non-hydrogen) atoms. The molecule has 37 N–H and O–H groups in total. The number of carboxylic acids is 3. The van der Waals surface area contributed by atoms with E-state index in [4.69, 9.17) is 50.0 Å². The smallest absolute Gasteiger partial charge is 0.322 e. The average molecular weight is 1990 g/mol. The highest BCUT2D eigenvalue weighted by Crippen LogP contribution is 2.17. The van der Waals surface area contributed by atoms with E-state index < -0.39 is 346 Å². The van der Waals surface area contributed by atoms with E-state index in [1.54, 1.807) is 34.6 Å². The van der Waals surface area contributed by atoms with Crippen LogP contribution in [0.3, 0.4) is 0 Å². The molecule has 782 valence electrons. The number of amides is 22. The number of rotatable bonds is 67. The lowest BCUT2D eigenvalue weighted by Gasteiger charge is -2.29. The average Bonchev–Trinajstić information content (AvgIpc) is 0.866. The van der Waals surface area contributed by atoms with Crippen LogP contribution < -0.4 is 141 Å². The number of unbranched alkanes of at least 4 members (excludes halogenated alkanes) is 1. The SMILES string of the molecule is CC[C@H](C)[C@H](NC(=O)CNC(=O)[C@@H](NC(=O)[C@H](CC(N)=O)NC(=O)CNC(=O)[C@H](C)NC(=O)[C@H](CC(=O)O)NC(=O)[C@H](Cc1ccc(O)cc1)NC(=O)[C@H](C)NC(=O)[C@H](C)NC(=O)[C@H](CCCNC(=N)N)NC(=O)[C@@H](NC(=O)CNC(=O)[C@@H](N)CCC(=O)O)C(C)C)C(C)C)C(=O)NCC(=O)N[C@@H](CC(N)=O)C(=O)N[C@@H](CCC(N)=O)C(=O)N[C@H](C(=O)N[C@@H](CCCCN)C(=O)NCC(=O)O)[C@@H](C)CC. The standard InChI is InChI=1S/C84H137N27O29/c1-12-40(7)67(81(138)96-34-59(117)101-52(30-56(88)114)78(135)103-50(24-25-55(87)113)75(132)111-68(41(8)13-2)83(140)104-48(17-14-15-27-85)73(130)97-37-64(124)125)109-61(119)36-95-80(137)65(38(3)4)110-79(136)53(31-57(89)115)102-58(116)33-93-69(126)42(9)99-76(133)54(32-63(122)123)107-77(134)51(29-45-19-21-46(112)22-20-45)106-71(128)44(11)98-70(127)43(10)100-74(131)49(18-16-28-92-84(90)91)105-82(139)66(39(5)6)108-60(118)35-94-72(129)47(86)23-26-62(120)121/h19-22,38-44,47-54,65-68,112H,12-18,23-37,85-86H2,1-11H3,(H2,87,113)(H2,88,114)(H2,89,115)(H,93,126)(H,94,129)(H,95,137)(H,96,138)(H,97,130)(H,98,127)(H,99,133)(H,100,131)(H,101,117)(H,102,116)(H,103,135)(H,104,140)(H,105,139)(H,106,128)(H,107,134)(H,108,118)(H,109,119)(H,110,136)(H,111,132)(H,120,121)(H,122,123)(H,124,125)(H4,90,91,92)/t40-,41-,42-,43-,44-,47-,48-,49-,50-,51-,52-,53-,54-,65-,66-,67-,68-/m0/s1. The lowest BCUT2D eigenvalue weighted by atomic mass is 9.96. The van der Waals surface area contributed by atoms with Gasteiger partial charge in [-0.05, 0) is 114 Å². The van der Waals surface area contributed by atoms with Gasteiger partial charge in [0.15, 0.2) is 5.96 Å². The molecule has 0 radical (unpaired) electrons. The fourth-order valence-corrected chi connectivity index (χ4v) is 12.7. The Kier molecular flexibility index (Phi) is 55.7. The van der Waals surface area contributed by atoms with Crippen molar-refractivity contribution in [3.8, 4) is 5.75 Å². The Morgan fingerprint density at radius 2 is 0.679 bits per heavy atom. The third-order valence-corrected chi connectivity index (χ3v) is 21.1. The summed E-state index contributed by atoms with van der Waals surface area (Å²) >= 11 is 0. The predicted molar refractivity (Wildman–Crippen MR) is 492 cm³/mol. The van der Waals surface area contributed by atoms with Gasteiger partial charge >= 0.3 is 17.9 Å². The molecule has 22 amide bonds. The molecule has 1 aromatic rings. The minimum Gasteiger partial charge on any atom is -0.508 e. The van der Waals surface area contributed by atoms with Crippen LogP contribution in [0, 0.1) is 29.1 Å². The summed E-state index contributed by atoms with van der Waals surface area (Å²) in [5.74, 6) is -31.0. The van der Waals surface area contributed by atoms with E-state index in [0.717, 1.165) is 13.8 Å². The molecule has 0 aliphatic rings. The van der Waals surface area contributed by atoms with Crippen molar-refractivity contribution in [2.24, 2.45) is 58.1 Å². The number of nitrogens with two attached hydrogens (primary N) is 6. The minimum atomic E-state index is -2.04. The number of hydrogen-bond acceptors (Lipinski definition) is 29. The first-order chi connectivity index (χ1) is 65.4. The van der Waals surface area contributed by atoms with Gasteiger partial charge in [-0.2, -0.15) is 0 Å². The molecule has 0 saturated heterocycles. The van der Waals surface area contributed by atoms with Gasteiger partial charge in [0.2, 0.25) is 130 Å². The minimum absolute atomic E-state index is 0.0157. The normalized spacial score (nSPS) is 14.6. The number of aromatic hydroxyl groups is 1. The van der Waals surface area contributed by atoms with E-state index >= 15 is 0 Å². The van der Waals surface area contributed by atoms with Crippen LogP contribution in [0.2, 0.25) is 0 Å². The summed E-state index contributed by atoms with van der Waals surface area (Å²) in [4.78, 5) is 330. The second-order valence-electron chi connectivity index (χ2n) is 33.7. The summed E-state index contributed by atoms with van der Waals surface area (Å²) in [5.41, 5.74) is 33.2. The van der Waals surface area contributed by atoms with Crippen molar-refractivity contribution in [2.45, 2.75) is 263 Å². The number of guanidine groups is 1.